The Labute approximate surface area is 180 Å². The van der Waals surface area contributed by atoms with Crippen molar-refractivity contribution in [2.75, 3.05) is 32.1 Å². The highest BCUT2D eigenvalue weighted by Gasteiger charge is 2.27. The Balaban J connectivity index is 1.67. The van der Waals surface area contributed by atoms with Crippen LogP contribution in [0.5, 0.6) is 0 Å². The number of hydrogen-bond donors (Lipinski definition) is 1. The summed E-state index contributed by atoms with van der Waals surface area (Å²) in [5.74, 6) is 0.285. The molecule has 1 N–H and O–H groups in total. The standard InChI is InChI=1S/C19H26N4O5S2/c1-3-15(4-2)20-17(24)13-29-19-22-21-18(28-19)14-6-5-7-16(12-14)30(25,26)23-8-10-27-11-9-23/h5-7,12,15H,3-4,8-11,13H2,1-2H3,(H,20,24). The van der Waals surface area contributed by atoms with Gasteiger partial charge in [0.1, 0.15) is 0 Å². The lowest BCUT2D eigenvalue weighted by Gasteiger charge is -2.26. The van der Waals surface area contributed by atoms with Crippen LogP contribution >= 0.6 is 11.8 Å². The minimum Gasteiger partial charge on any atom is -0.411 e. The van der Waals surface area contributed by atoms with Crippen molar-refractivity contribution in [3.63, 3.8) is 0 Å². The van der Waals surface area contributed by atoms with Gasteiger partial charge in [-0.3, -0.25) is 4.79 Å². The van der Waals surface area contributed by atoms with Gasteiger partial charge in [-0.2, -0.15) is 4.31 Å². The summed E-state index contributed by atoms with van der Waals surface area (Å²) in [5, 5.41) is 11.2. The molecule has 0 bridgehead atoms. The second-order valence-electron chi connectivity index (χ2n) is 6.79. The zero-order valence-corrected chi connectivity index (χ0v) is 18.7. The van der Waals surface area contributed by atoms with E-state index in [1.165, 1.54) is 10.4 Å². The van der Waals surface area contributed by atoms with Crippen LogP contribution in [0.1, 0.15) is 26.7 Å². The molecule has 2 heterocycles. The Kier molecular flexibility index (Phi) is 7.87. The number of ether oxygens (including phenoxy) is 1. The Hall–Kier alpha value is -1.95. The number of thioether (sulfide) groups is 1. The van der Waals surface area contributed by atoms with Crippen molar-refractivity contribution in [1.82, 2.24) is 19.8 Å². The third-order valence-corrected chi connectivity index (χ3v) is 7.49. The molecule has 1 saturated heterocycles. The first-order chi connectivity index (χ1) is 14.4. The molecule has 0 aliphatic carbocycles. The van der Waals surface area contributed by atoms with Gasteiger partial charge in [0.2, 0.25) is 21.8 Å². The molecule has 2 aromatic rings. The van der Waals surface area contributed by atoms with Gasteiger partial charge < -0.3 is 14.5 Å². The summed E-state index contributed by atoms with van der Waals surface area (Å²) in [7, 11) is -3.62. The molecule has 0 spiro atoms. The summed E-state index contributed by atoms with van der Waals surface area (Å²) in [6.45, 7) is 5.47. The lowest BCUT2D eigenvalue weighted by atomic mass is 10.2. The van der Waals surface area contributed by atoms with E-state index < -0.39 is 10.0 Å². The lowest BCUT2D eigenvalue weighted by molar-refractivity contribution is -0.119. The number of nitrogens with zero attached hydrogens (tertiary/aromatic N) is 3. The van der Waals surface area contributed by atoms with Gasteiger partial charge in [0.05, 0.1) is 23.9 Å². The van der Waals surface area contributed by atoms with E-state index in [0.717, 1.165) is 24.6 Å². The average Bonchev–Trinajstić information content (AvgIpc) is 3.26. The highest BCUT2D eigenvalue weighted by atomic mass is 32.2. The molecule has 0 atom stereocenters. The number of carbonyl (C=O) groups is 1. The number of rotatable bonds is 9. The summed E-state index contributed by atoms with van der Waals surface area (Å²) < 4.78 is 38.0. The predicted molar refractivity (Wildman–Crippen MR) is 113 cm³/mol. The van der Waals surface area contributed by atoms with Crippen molar-refractivity contribution >= 4 is 27.7 Å². The molecule has 30 heavy (non-hydrogen) atoms. The molecule has 1 amide bonds. The summed E-state index contributed by atoms with van der Waals surface area (Å²) in [6.07, 6.45) is 1.75. The Morgan fingerprint density at radius 1 is 1.23 bits per heavy atom. The third kappa shape index (κ3) is 5.60. The van der Waals surface area contributed by atoms with Gasteiger partial charge >= 0.3 is 0 Å². The van der Waals surface area contributed by atoms with Crippen LogP contribution in [0.2, 0.25) is 0 Å². The molecule has 9 nitrogen and oxygen atoms in total. The van der Waals surface area contributed by atoms with Crippen LogP contribution in [0, 0.1) is 0 Å². The predicted octanol–water partition coefficient (Wildman–Crippen LogP) is 2.15. The molecule has 1 aliphatic heterocycles. The topological polar surface area (TPSA) is 115 Å². The van der Waals surface area contributed by atoms with Crippen LogP contribution in [0.3, 0.4) is 0 Å². The fourth-order valence-electron chi connectivity index (χ4n) is 3.00. The number of benzene rings is 1. The van der Waals surface area contributed by atoms with E-state index in [2.05, 4.69) is 15.5 Å². The van der Waals surface area contributed by atoms with Gasteiger partial charge in [0, 0.05) is 24.7 Å². The zero-order valence-electron chi connectivity index (χ0n) is 17.0. The minimum atomic E-state index is -3.62. The number of nitrogens with one attached hydrogen (secondary N) is 1. The number of hydrogen-bond acceptors (Lipinski definition) is 8. The number of carbonyl (C=O) groups excluding carboxylic acids is 1. The second kappa shape index (κ2) is 10.4. The number of sulfonamides is 1. The molecule has 1 aromatic heterocycles. The van der Waals surface area contributed by atoms with Gasteiger partial charge in [-0.05, 0) is 31.0 Å². The monoisotopic (exact) mass is 454 g/mol. The maximum Gasteiger partial charge on any atom is 0.277 e. The van der Waals surface area contributed by atoms with Crippen LogP contribution in [0.4, 0.5) is 0 Å². The normalized spacial score (nSPS) is 15.4. The molecule has 3 rings (SSSR count). The zero-order chi connectivity index (χ0) is 21.6. The van der Waals surface area contributed by atoms with Crippen molar-refractivity contribution in [2.45, 2.75) is 42.8 Å². The number of amides is 1. The van der Waals surface area contributed by atoms with E-state index in [1.807, 2.05) is 13.8 Å². The van der Waals surface area contributed by atoms with Crippen molar-refractivity contribution < 1.29 is 22.4 Å². The van der Waals surface area contributed by atoms with Crippen molar-refractivity contribution in [3.8, 4) is 11.5 Å². The molecule has 0 saturated carbocycles. The maximum atomic E-state index is 12.8. The van der Waals surface area contributed by atoms with E-state index in [4.69, 9.17) is 9.15 Å². The first-order valence-corrected chi connectivity index (χ1v) is 12.3. The first-order valence-electron chi connectivity index (χ1n) is 9.88. The van der Waals surface area contributed by atoms with Crippen LogP contribution in [0.25, 0.3) is 11.5 Å². The maximum absolute atomic E-state index is 12.8. The fourth-order valence-corrected chi connectivity index (χ4v) is 5.03. The highest BCUT2D eigenvalue weighted by molar-refractivity contribution is 7.99. The molecule has 11 heteroatoms. The van der Waals surface area contributed by atoms with Crippen LogP contribution in [0.15, 0.2) is 38.8 Å². The SMILES string of the molecule is CCC(CC)NC(=O)CSc1nnc(-c2cccc(S(=O)(=O)N3CCOCC3)c2)o1. The second-order valence-corrected chi connectivity index (χ2v) is 9.65. The summed E-state index contributed by atoms with van der Waals surface area (Å²) in [4.78, 5) is 12.2. The Morgan fingerprint density at radius 3 is 2.67 bits per heavy atom. The number of aromatic nitrogens is 2. The largest absolute Gasteiger partial charge is 0.411 e. The molecule has 0 radical (unpaired) electrons. The quantitative estimate of drug-likeness (QED) is 0.573. The van der Waals surface area contributed by atoms with Crippen LogP contribution in [-0.4, -0.2) is 66.9 Å². The molecule has 1 aliphatic rings. The van der Waals surface area contributed by atoms with E-state index in [0.29, 0.717) is 31.9 Å². The number of morpholine rings is 1. The molecular formula is C19H26N4O5S2. The Bertz CT molecular complexity index is 953. The Morgan fingerprint density at radius 2 is 1.97 bits per heavy atom. The van der Waals surface area contributed by atoms with Gasteiger partial charge in [-0.25, -0.2) is 8.42 Å². The van der Waals surface area contributed by atoms with Crippen molar-refractivity contribution in [1.29, 1.82) is 0 Å². The van der Waals surface area contributed by atoms with Crippen LogP contribution < -0.4 is 5.32 Å². The summed E-state index contributed by atoms with van der Waals surface area (Å²) in [6, 6.07) is 6.57. The van der Waals surface area contributed by atoms with Crippen molar-refractivity contribution in [3.05, 3.63) is 24.3 Å². The minimum absolute atomic E-state index is 0.0907. The molecule has 1 aromatic carbocycles. The molecular weight excluding hydrogens is 428 g/mol. The smallest absolute Gasteiger partial charge is 0.277 e. The van der Waals surface area contributed by atoms with E-state index in [-0.39, 0.29) is 33.7 Å². The van der Waals surface area contributed by atoms with E-state index in [9.17, 15) is 13.2 Å². The average molecular weight is 455 g/mol. The summed E-state index contributed by atoms with van der Waals surface area (Å²) in [5.41, 5.74) is 0.505. The summed E-state index contributed by atoms with van der Waals surface area (Å²) >= 11 is 1.15. The first kappa shape index (κ1) is 22.7. The van der Waals surface area contributed by atoms with Crippen molar-refractivity contribution in [2.24, 2.45) is 0 Å². The van der Waals surface area contributed by atoms with E-state index >= 15 is 0 Å². The van der Waals surface area contributed by atoms with Gasteiger partial charge in [-0.1, -0.05) is 31.7 Å². The van der Waals surface area contributed by atoms with Gasteiger partial charge in [0.15, 0.2) is 0 Å². The third-order valence-electron chi connectivity index (χ3n) is 4.77. The molecule has 0 unspecified atom stereocenters. The van der Waals surface area contributed by atoms with Crippen LogP contribution in [-0.2, 0) is 19.6 Å². The van der Waals surface area contributed by atoms with Gasteiger partial charge in [0.25, 0.3) is 5.22 Å². The van der Waals surface area contributed by atoms with E-state index in [1.54, 1.807) is 18.2 Å². The van der Waals surface area contributed by atoms with Gasteiger partial charge in [-0.15, -0.1) is 10.2 Å². The molecule has 1 fully saturated rings. The fraction of sp³-hybridized carbons (Fsp3) is 0.526. The molecule has 164 valence electrons. The highest BCUT2D eigenvalue weighted by Crippen LogP contribution is 2.26. The lowest BCUT2D eigenvalue weighted by Crippen LogP contribution is -2.40.